The topological polar surface area (TPSA) is 67.4 Å². The van der Waals surface area contributed by atoms with Gasteiger partial charge in [-0.2, -0.15) is 0 Å². The zero-order valence-electron chi connectivity index (χ0n) is 16.1. The molecule has 0 radical (unpaired) electrons. The first-order valence-electron chi connectivity index (χ1n) is 9.27. The van der Waals surface area contributed by atoms with Crippen molar-refractivity contribution >= 4 is 11.8 Å². The van der Waals surface area contributed by atoms with Crippen LogP contribution in [0.5, 0.6) is 5.75 Å². The summed E-state index contributed by atoms with van der Waals surface area (Å²) in [5.74, 6) is -0.0913. The summed E-state index contributed by atoms with van der Waals surface area (Å²) in [6.45, 7) is 6.19. The number of fused-ring (bicyclic) bond motifs is 1. The Hall–Kier alpha value is -2.82. The molecule has 0 atom stereocenters. The van der Waals surface area contributed by atoms with Crippen LogP contribution >= 0.6 is 0 Å². The van der Waals surface area contributed by atoms with E-state index >= 15 is 0 Å². The Balaban J connectivity index is 1.46. The van der Waals surface area contributed by atoms with Crippen molar-refractivity contribution in [1.29, 1.82) is 0 Å². The van der Waals surface area contributed by atoms with E-state index in [2.05, 4.69) is 37.7 Å². The van der Waals surface area contributed by atoms with Gasteiger partial charge in [-0.15, -0.1) is 0 Å². The van der Waals surface area contributed by atoms with Crippen LogP contribution in [0.15, 0.2) is 42.5 Å². The summed E-state index contributed by atoms with van der Waals surface area (Å²) in [5, 5.41) is 0. The van der Waals surface area contributed by atoms with E-state index in [9.17, 15) is 9.59 Å². The molecule has 0 unspecified atom stereocenters. The average molecular weight is 366 g/mol. The highest BCUT2D eigenvalue weighted by Crippen LogP contribution is 2.26. The zero-order valence-corrected chi connectivity index (χ0v) is 16.1. The van der Waals surface area contributed by atoms with Crippen molar-refractivity contribution in [2.45, 2.75) is 45.4 Å². The Morgan fingerprint density at radius 3 is 2.37 bits per heavy atom. The molecule has 0 saturated heterocycles. The fourth-order valence-corrected chi connectivity index (χ4v) is 3.14. The number of amides is 2. The van der Waals surface area contributed by atoms with Gasteiger partial charge in [-0.1, -0.05) is 39.0 Å². The lowest BCUT2D eigenvalue weighted by Gasteiger charge is -2.19. The van der Waals surface area contributed by atoms with Crippen LogP contribution in [0.3, 0.4) is 0 Å². The second-order valence-corrected chi connectivity index (χ2v) is 7.90. The van der Waals surface area contributed by atoms with Crippen molar-refractivity contribution < 1.29 is 14.3 Å². The van der Waals surface area contributed by atoms with Crippen molar-refractivity contribution in [3.05, 3.63) is 64.7 Å². The first kappa shape index (κ1) is 19.0. The normalized spacial score (nSPS) is 13.0. The predicted molar refractivity (Wildman–Crippen MR) is 105 cm³/mol. The second kappa shape index (κ2) is 7.82. The maximum atomic E-state index is 12.1. The number of hydrogen-bond acceptors (Lipinski definition) is 3. The molecule has 0 bridgehead atoms. The molecule has 0 fully saturated rings. The van der Waals surface area contributed by atoms with Crippen LogP contribution in [-0.2, 0) is 23.1 Å². The zero-order chi connectivity index (χ0) is 19.4. The molecule has 0 heterocycles. The summed E-state index contributed by atoms with van der Waals surface area (Å²) in [4.78, 5) is 24.1. The quantitative estimate of drug-likeness (QED) is 0.816. The largest absolute Gasteiger partial charge is 0.484 e. The summed E-state index contributed by atoms with van der Waals surface area (Å²) in [6.07, 6.45) is 3.34. The maximum Gasteiger partial charge on any atom is 0.276 e. The van der Waals surface area contributed by atoms with Crippen LogP contribution in [0.4, 0.5) is 0 Å². The van der Waals surface area contributed by atoms with E-state index in [0.717, 1.165) is 18.4 Å². The van der Waals surface area contributed by atoms with Crippen LogP contribution in [-0.4, -0.2) is 18.4 Å². The summed E-state index contributed by atoms with van der Waals surface area (Å²) in [5.41, 5.74) is 9.11. The highest BCUT2D eigenvalue weighted by Gasteiger charge is 2.15. The Morgan fingerprint density at radius 1 is 0.963 bits per heavy atom. The minimum absolute atomic E-state index is 0.0259. The molecule has 1 aliphatic rings. The van der Waals surface area contributed by atoms with Crippen molar-refractivity contribution in [3.8, 4) is 5.75 Å². The van der Waals surface area contributed by atoms with Gasteiger partial charge in [0.25, 0.3) is 11.8 Å². The first-order valence-corrected chi connectivity index (χ1v) is 9.27. The highest BCUT2D eigenvalue weighted by atomic mass is 16.5. The lowest BCUT2D eigenvalue weighted by molar-refractivity contribution is -0.123. The van der Waals surface area contributed by atoms with Crippen molar-refractivity contribution in [1.82, 2.24) is 10.9 Å². The fraction of sp³-hybridized carbons (Fsp3) is 0.364. The molecule has 1 aliphatic carbocycles. The Kier molecular flexibility index (Phi) is 5.49. The van der Waals surface area contributed by atoms with E-state index in [0.29, 0.717) is 11.3 Å². The van der Waals surface area contributed by atoms with Crippen LogP contribution in [0.25, 0.3) is 0 Å². The molecule has 0 spiro atoms. The van der Waals surface area contributed by atoms with E-state index in [-0.39, 0.29) is 17.9 Å². The number of ether oxygens (including phenoxy) is 1. The lowest BCUT2D eigenvalue weighted by Crippen LogP contribution is -2.43. The van der Waals surface area contributed by atoms with E-state index in [4.69, 9.17) is 4.74 Å². The molecule has 27 heavy (non-hydrogen) atoms. The van der Waals surface area contributed by atoms with Crippen molar-refractivity contribution in [2.75, 3.05) is 6.61 Å². The minimum atomic E-state index is -0.407. The van der Waals surface area contributed by atoms with E-state index in [1.54, 1.807) is 12.1 Å². The van der Waals surface area contributed by atoms with E-state index < -0.39 is 5.91 Å². The number of carbonyl (C=O) groups excluding carboxylic acids is 2. The Morgan fingerprint density at radius 2 is 1.67 bits per heavy atom. The van der Waals surface area contributed by atoms with Gasteiger partial charge in [0.05, 0.1) is 0 Å². The minimum Gasteiger partial charge on any atom is -0.484 e. The van der Waals surface area contributed by atoms with Crippen molar-refractivity contribution in [2.24, 2.45) is 0 Å². The molecular formula is C22H26N2O3. The molecule has 5 heteroatoms. The van der Waals surface area contributed by atoms with Gasteiger partial charge in [-0.3, -0.25) is 20.4 Å². The third-order valence-corrected chi connectivity index (χ3v) is 4.77. The van der Waals surface area contributed by atoms with Gasteiger partial charge in [0, 0.05) is 5.56 Å². The number of carbonyl (C=O) groups is 2. The fourth-order valence-electron chi connectivity index (χ4n) is 3.14. The van der Waals surface area contributed by atoms with E-state index in [1.165, 1.54) is 17.5 Å². The Labute approximate surface area is 160 Å². The number of rotatable bonds is 4. The molecule has 2 N–H and O–H groups in total. The van der Waals surface area contributed by atoms with Gasteiger partial charge in [-0.05, 0) is 65.6 Å². The summed E-state index contributed by atoms with van der Waals surface area (Å²) in [6, 6.07) is 13.3. The third kappa shape index (κ3) is 4.88. The van der Waals surface area contributed by atoms with Crippen LogP contribution in [0.2, 0.25) is 0 Å². The van der Waals surface area contributed by atoms with E-state index in [1.807, 2.05) is 24.3 Å². The number of hydrogen-bond donors (Lipinski definition) is 2. The standard InChI is InChI=1S/C22H26N2O3/c1-22(2,3)18-10-7-16(8-11-18)21(26)24-23-20(25)14-27-19-12-9-15-5-4-6-17(15)13-19/h7-13H,4-6,14H2,1-3H3,(H,23,25)(H,24,26). The molecule has 0 aromatic heterocycles. The molecule has 5 nitrogen and oxygen atoms in total. The third-order valence-electron chi connectivity index (χ3n) is 4.77. The summed E-state index contributed by atoms with van der Waals surface area (Å²) in [7, 11) is 0. The smallest absolute Gasteiger partial charge is 0.276 e. The Bertz CT molecular complexity index is 836. The SMILES string of the molecule is CC(C)(C)c1ccc(C(=O)NNC(=O)COc2ccc3c(c2)CCC3)cc1. The van der Waals surface area contributed by atoms with Gasteiger partial charge in [-0.25, -0.2) is 0 Å². The first-order chi connectivity index (χ1) is 12.8. The summed E-state index contributed by atoms with van der Waals surface area (Å²) >= 11 is 0. The molecule has 2 aromatic rings. The van der Waals surface area contributed by atoms with Crippen LogP contribution < -0.4 is 15.6 Å². The molecule has 0 saturated carbocycles. The molecular weight excluding hydrogens is 340 g/mol. The molecule has 142 valence electrons. The second-order valence-electron chi connectivity index (χ2n) is 7.90. The summed E-state index contributed by atoms with van der Waals surface area (Å²) < 4.78 is 5.52. The van der Waals surface area contributed by atoms with Gasteiger partial charge >= 0.3 is 0 Å². The number of aryl methyl sites for hydroxylation is 2. The monoisotopic (exact) mass is 366 g/mol. The predicted octanol–water partition coefficient (Wildman–Crippen LogP) is 3.31. The highest BCUT2D eigenvalue weighted by molar-refractivity contribution is 5.95. The number of benzene rings is 2. The van der Waals surface area contributed by atoms with Crippen LogP contribution in [0, 0.1) is 0 Å². The molecule has 2 amide bonds. The number of nitrogens with one attached hydrogen (secondary N) is 2. The molecule has 3 rings (SSSR count). The van der Waals surface area contributed by atoms with Gasteiger partial charge in [0.1, 0.15) is 5.75 Å². The average Bonchev–Trinajstić information content (AvgIpc) is 3.11. The number of hydrazine groups is 1. The molecule has 0 aliphatic heterocycles. The van der Waals surface area contributed by atoms with Crippen LogP contribution in [0.1, 0.15) is 54.2 Å². The maximum absolute atomic E-state index is 12.1. The van der Waals surface area contributed by atoms with Gasteiger partial charge < -0.3 is 4.74 Å². The van der Waals surface area contributed by atoms with Gasteiger partial charge in [0.15, 0.2) is 6.61 Å². The van der Waals surface area contributed by atoms with Gasteiger partial charge in [0.2, 0.25) is 0 Å². The molecule has 2 aromatic carbocycles. The lowest BCUT2D eigenvalue weighted by atomic mass is 9.87. The van der Waals surface area contributed by atoms with Crippen molar-refractivity contribution in [3.63, 3.8) is 0 Å².